The molecule has 4 nitrogen and oxygen atoms in total. The topological polar surface area (TPSA) is 55.7 Å². The number of carbonyl (C=O) groups excluding carboxylic acids is 2. The highest BCUT2D eigenvalue weighted by molar-refractivity contribution is 7.99. The molecule has 7 heteroatoms. The number of esters is 1. The molecule has 4 rings (SSSR count). The number of hydrogen-bond donors (Lipinski definition) is 0. The number of allylic oxidation sites excluding steroid dienone is 2. The Morgan fingerprint density at radius 3 is 2.56 bits per heavy atom. The van der Waals surface area contributed by atoms with Gasteiger partial charge in [-0.3, -0.25) is 14.6 Å². The number of carbonyl (C=O) groups is 2. The Morgan fingerprint density at radius 2 is 1.85 bits per heavy atom. The Morgan fingerprint density at radius 1 is 1.09 bits per heavy atom. The van der Waals surface area contributed by atoms with Crippen LogP contribution in [0.4, 0.5) is 0 Å². The predicted octanol–water partition coefficient (Wildman–Crippen LogP) is 6.86. The summed E-state index contributed by atoms with van der Waals surface area (Å²) in [5.41, 5.74) is 3.93. The summed E-state index contributed by atoms with van der Waals surface area (Å²) in [5.74, 6) is 0.281. The largest absolute Gasteiger partial charge is 0.464 e. The molecule has 0 spiro atoms. The van der Waals surface area contributed by atoms with Crippen LogP contribution in [0, 0.1) is 5.92 Å². The molecule has 34 heavy (non-hydrogen) atoms. The number of aliphatic imine (C=N–C) groups is 1. The molecule has 0 N–H and O–H groups in total. The van der Waals surface area contributed by atoms with Crippen molar-refractivity contribution in [2.45, 2.75) is 38.5 Å². The number of hydrogen-bond acceptors (Lipinski definition) is 5. The van der Waals surface area contributed by atoms with Gasteiger partial charge in [-0.1, -0.05) is 54.4 Å². The lowest BCUT2D eigenvalue weighted by molar-refractivity contribution is -0.145. The van der Waals surface area contributed by atoms with Gasteiger partial charge < -0.3 is 4.74 Å². The van der Waals surface area contributed by atoms with Gasteiger partial charge >= 0.3 is 5.97 Å². The second kappa shape index (κ2) is 11.1. The number of Topliss-reactive ketones (excluding diaryl/α,β-unsaturated/α-hetero) is 1. The van der Waals surface area contributed by atoms with Gasteiger partial charge in [-0.25, -0.2) is 0 Å². The maximum absolute atomic E-state index is 13.6. The fraction of sp³-hybridized carbons (Fsp3) is 0.370. The first-order valence-corrected chi connectivity index (χ1v) is 13.4. The van der Waals surface area contributed by atoms with Crippen LogP contribution in [-0.2, 0) is 14.3 Å². The molecule has 0 amide bonds. The minimum Gasteiger partial charge on any atom is -0.464 e. The zero-order chi connectivity index (χ0) is 24.2. The van der Waals surface area contributed by atoms with Gasteiger partial charge in [0.25, 0.3) is 0 Å². The van der Waals surface area contributed by atoms with Gasteiger partial charge in [-0.05, 0) is 60.4 Å². The summed E-state index contributed by atoms with van der Waals surface area (Å²) >= 11 is 14.1. The lowest BCUT2D eigenvalue weighted by Crippen LogP contribution is -2.38. The van der Waals surface area contributed by atoms with Crippen molar-refractivity contribution in [1.82, 2.24) is 0 Å². The highest BCUT2D eigenvalue weighted by atomic mass is 35.5. The number of benzene rings is 2. The highest BCUT2D eigenvalue weighted by Gasteiger charge is 2.44. The fourth-order valence-electron chi connectivity index (χ4n) is 4.83. The number of ether oxygens (including phenoxy) is 1. The lowest BCUT2D eigenvalue weighted by atomic mass is 9.69. The van der Waals surface area contributed by atoms with E-state index in [4.69, 9.17) is 32.9 Å². The molecular weight excluding hydrogens is 489 g/mol. The second-order valence-corrected chi connectivity index (χ2v) is 10.8. The first-order valence-electron chi connectivity index (χ1n) is 11.5. The fourth-order valence-corrected chi connectivity index (χ4v) is 5.65. The van der Waals surface area contributed by atoms with E-state index in [9.17, 15) is 9.59 Å². The third-order valence-corrected chi connectivity index (χ3v) is 7.72. The molecule has 0 radical (unpaired) electrons. The normalized spacial score (nSPS) is 22.3. The van der Waals surface area contributed by atoms with Crippen molar-refractivity contribution in [2.24, 2.45) is 10.9 Å². The van der Waals surface area contributed by atoms with E-state index < -0.39 is 11.8 Å². The van der Waals surface area contributed by atoms with E-state index >= 15 is 0 Å². The number of thioether (sulfide) groups is 1. The van der Waals surface area contributed by atoms with Crippen LogP contribution in [0.15, 0.2) is 64.8 Å². The van der Waals surface area contributed by atoms with Crippen molar-refractivity contribution in [2.75, 3.05) is 18.1 Å². The highest BCUT2D eigenvalue weighted by Crippen LogP contribution is 2.47. The summed E-state index contributed by atoms with van der Waals surface area (Å²) in [7, 11) is 0. The van der Waals surface area contributed by atoms with Gasteiger partial charge in [0.1, 0.15) is 12.5 Å². The molecule has 0 fully saturated rings. The smallest absolute Gasteiger partial charge is 0.315 e. The molecule has 0 bridgehead atoms. The summed E-state index contributed by atoms with van der Waals surface area (Å²) in [6.45, 7) is 4.26. The average molecular weight is 516 g/mol. The molecule has 1 aliphatic carbocycles. The molecule has 1 heterocycles. The molecule has 0 saturated carbocycles. The van der Waals surface area contributed by atoms with E-state index in [0.717, 1.165) is 28.3 Å². The van der Waals surface area contributed by atoms with Gasteiger partial charge in [-0.2, -0.15) is 11.8 Å². The Hall–Kier alpha value is -2.08. The van der Waals surface area contributed by atoms with E-state index in [1.165, 1.54) is 0 Å². The van der Waals surface area contributed by atoms with Crippen LogP contribution in [0.5, 0.6) is 0 Å². The van der Waals surface area contributed by atoms with E-state index in [-0.39, 0.29) is 17.7 Å². The summed E-state index contributed by atoms with van der Waals surface area (Å²) in [5, 5.41) is 1.23. The van der Waals surface area contributed by atoms with Crippen LogP contribution >= 0.6 is 35.0 Å². The first-order chi connectivity index (χ1) is 16.4. The molecule has 3 atom stereocenters. The molecule has 0 saturated heterocycles. The van der Waals surface area contributed by atoms with Crippen LogP contribution in [0.25, 0.3) is 0 Å². The summed E-state index contributed by atoms with van der Waals surface area (Å²) in [6, 6.07) is 15.0. The number of rotatable bonds is 7. The van der Waals surface area contributed by atoms with Gasteiger partial charge in [-0.15, -0.1) is 0 Å². The minimum absolute atomic E-state index is 0.0155. The molecule has 2 aliphatic rings. The summed E-state index contributed by atoms with van der Waals surface area (Å²) < 4.78 is 5.63. The Labute approximate surface area is 214 Å². The SMILES string of the molecule is CCSCCOC(=O)C1C(C)=NC2=C(C(=O)C[C@H](c3ccc(Cl)cc3)C2)[C@@H]1c1cccc(Cl)c1. The van der Waals surface area contributed by atoms with Crippen LogP contribution in [0.2, 0.25) is 10.0 Å². The van der Waals surface area contributed by atoms with Crippen LogP contribution < -0.4 is 0 Å². The third kappa shape index (κ3) is 5.42. The van der Waals surface area contributed by atoms with Crippen molar-refractivity contribution in [3.63, 3.8) is 0 Å². The molecule has 1 unspecified atom stereocenters. The maximum Gasteiger partial charge on any atom is 0.315 e. The molecule has 2 aromatic carbocycles. The third-order valence-electron chi connectivity index (χ3n) is 6.37. The molecule has 1 aliphatic heterocycles. The second-order valence-electron chi connectivity index (χ2n) is 8.57. The quantitative estimate of drug-likeness (QED) is 0.298. The number of ketones is 1. The standard InChI is InChI=1S/C27H27Cl2NO3S/c1-3-34-12-11-33-27(32)24-16(2)30-22-14-19(17-7-9-20(28)10-8-17)15-23(31)26(22)25(24)18-5-4-6-21(29)13-18/h4-10,13,19,24-25H,3,11-12,14-15H2,1-2H3/t19-,24?,25-/m1/s1. The predicted molar refractivity (Wildman–Crippen MR) is 140 cm³/mol. The number of nitrogens with zero attached hydrogens (tertiary/aromatic N) is 1. The zero-order valence-electron chi connectivity index (χ0n) is 19.2. The van der Waals surface area contributed by atoms with Gasteiger partial charge in [0.05, 0.1) is 0 Å². The van der Waals surface area contributed by atoms with E-state index in [1.807, 2.05) is 49.4 Å². The summed E-state index contributed by atoms with van der Waals surface area (Å²) in [4.78, 5) is 31.6. The van der Waals surface area contributed by atoms with E-state index in [2.05, 4.69) is 6.92 Å². The van der Waals surface area contributed by atoms with E-state index in [1.54, 1.807) is 17.8 Å². The summed E-state index contributed by atoms with van der Waals surface area (Å²) in [6.07, 6.45) is 0.993. The molecule has 2 aromatic rings. The zero-order valence-corrected chi connectivity index (χ0v) is 21.6. The average Bonchev–Trinajstić information content (AvgIpc) is 2.81. The van der Waals surface area contributed by atoms with Crippen molar-refractivity contribution in [1.29, 1.82) is 0 Å². The Balaban J connectivity index is 1.71. The van der Waals surface area contributed by atoms with Crippen LogP contribution in [-0.4, -0.2) is 35.6 Å². The van der Waals surface area contributed by atoms with Gasteiger partial charge in [0.15, 0.2) is 5.78 Å². The molecule has 0 aromatic heterocycles. The van der Waals surface area contributed by atoms with Crippen molar-refractivity contribution >= 4 is 52.4 Å². The number of halogens is 2. The first kappa shape index (κ1) is 25.0. The monoisotopic (exact) mass is 515 g/mol. The Bertz CT molecular complexity index is 1140. The Kier molecular flexibility index (Phi) is 8.18. The van der Waals surface area contributed by atoms with Gasteiger partial charge in [0.2, 0.25) is 0 Å². The molecule has 178 valence electrons. The van der Waals surface area contributed by atoms with Crippen molar-refractivity contribution < 1.29 is 14.3 Å². The lowest BCUT2D eigenvalue weighted by Gasteiger charge is -2.36. The minimum atomic E-state index is -0.653. The maximum atomic E-state index is 13.6. The van der Waals surface area contributed by atoms with Crippen molar-refractivity contribution in [3.8, 4) is 0 Å². The van der Waals surface area contributed by atoms with Gasteiger partial charge in [0, 0.05) is 45.1 Å². The van der Waals surface area contributed by atoms with E-state index in [0.29, 0.717) is 40.8 Å². The molecular formula is C27H27Cl2NO3S. The van der Waals surface area contributed by atoms with Crippen molar-refractivity contribution in [3.05, 3.63) is 81.0 Å². The van der Waals surface area contributed by atoms with Crippen LogP contribution in [0.1, 0.15) is 49.7 Å². The van der Waals surface area contributed by atoms with Crippen LogP contribution in [0.3, 0.4) is 0 Å².